The summed E-state index contributed by atoms with van der Waals surface area (Å²) in [5, 5.41) is 2.85. The van der Waals surface area contributed by atoms with E-state index in [-0.39, 0.29) is 0 Å². The molecule has 0 aliphatic rings. The number of thioether (sulfide) groups is 1. The summed E-state index contributed by atoms with van der Waals surface area (Å²) < 4.78 is 0. The van der Waals surface area contributed by atoms with E-state index in [0.29, 0.717) is 5.25 Å². The van der Waals surface area contributed by atoms with E-state index in [2.05, 4.69) is 29.9 Å². The Morgan fingerprint density at radius 2 is 2.07 bits per heavy atom. The Morgan fingerprint density at radius 3 is 2.87 bits per heavy atom. The van der Waals surface area contributed by atoms with Crippen LogP contribution in [0.1, 0.15) is 20.3 Å². The van der Waals surface area contributed by atoms with E-state index in [9.17, 15) is 0 Å². The van der Waals surface area contributed by atoms with Crippen molar-refractivity contribution in [3.8, 4) is 0 Å². The Bertz CT molecular complexity index is 451. The molecule has 0 amide bonds. The quantitative estimate of drug-likeness (QED) is 0.582. The Balaban J connectivity index is 2.42. The largest absolute Gasteiger partial charge is 0.236 e. The number of fused-ring (bicyclic) bond motifs is 1. The summed E-state index contributed by atoms with van der Waals surface area (Å²) in [5.41, 5.74) is 1.03. The highest BCUT2D eigenvalue weighted by molar-refractivity contribution is 8.00. The van der Waals surface area contributed by atoms with Crippen LogP contribution in [0.5, 0.6) is 0 Å². The zero-order valence-corrected chi connectivity index (χ0v) is 9.79. The monoisotopic (exact) mass is 218 g/mol. The lowest BCUT2D eigenvalue weighted by atomic mass is 10.2. The van der Waals surface area contributed by atoms with Gasteiger partial charge in [-0.1, -0.05) is 32.0 Å². The molecular weight excluding hydrogens is 204 g/mol. The van der Waals surface area contributed by atoms with E-state index in [1.54, 1.807) is 6.33 Å². The molecule has 0 unspecified atom stereocenters. The predicted octanol–water partition coefficient (Wildman–Crippen LogP) is 3.52. The molecule has 0 N–H and O–H groups in total. The van der Waals surface area contributed by atoms with Gasteiger partial charge in [0.15, 0.2) is 0 Å². The third kappa shape index (κ3) is 2.29. The molecule has 0 bridgehead atoms. The van der Waals surface area contributed by atoms with Gasteiger partial charge in [0.05, 0.1) is 5.52 Å². The van der Waals surface area contributed by atoms with Gasteiger partial charge in [-0.15, -0.1) is 11.8 Å². The van der Waals surface area contributed by atoms with Crippen molar-refractivity contribution in [3.05, 3.63) is 30.6 Å². The Hall–Kier alpha value is -1.09. The molecule has 1 atom stereocenters. The molecule has 0 fully saturated rings. The molecule has 0 saturated carbocycles. The fourth-order valence-electron chi connectivity index (χ4n) is 1.35. The molecule has 15 heavy (non-hydrogen) atoms. The number of hydrogen-bond donors (Lipinski definition) is 0. The molecule has 0 spiro atoms. The third-order valence-electron chi connectivity index (χ3n) is 2.39. The van der Waals surface area contributed by atoms with Crippen LogP contribution >= 0.6 is 11.8 Å². The van der Waals surface area contributed by atoms with Gasteiger partial charge in [0, 0.05) is 10.6 Å². The van der Waals surface area contributed by atoms with Crippen LogP contribution in [-0.4, -0.2) is 15.2 Å². The summed E-state index contributed by atoms with van der Waals surface area (Å²) in [5.74, 6) is 0. The van der Waals surface area contributed by atoms with Crippen LogP contribution < -0.4 is 0 Å². The van der Waals surface area contributed by atoms with Gasteiger partial charge in [0.1, 0.15) is 11.4 Å². The minimum atomic E-state index is 0.600. The number of rotatable bonds is 3. The summed E-state index contributed by atoms with van der Waals surface area (Å²) in [6.07, 6.45) is 2.80. The topological polar surface area (TPSA) is 25.8 Å². The van der Waals surface area contributed by atoms with Gasteiger partial charge < -0.3 is 0 Å². The second kappa shape index (κ2) is 4.62. The van der Waals surface area contributed by atoms with Crippen molar-refractivity contribution in [2.45, 2.75) is 30.5 Å². The highest BCUT2D eigenvalue weighted by atomic mass is 32.2. The first-order valence-corrected chi connectivity index (χ1v) is 6.05. The molecule has 3 heteroatoms. The first-order chi connectivity index (χ1) is 7.31. The van der Waals surface area contributed by atoms with Crippen molar-refractivity contribution < 1.29 is 0 Å². The Labute approximate surface area is 94.1 Å². The number of aromatic nitrogens is 2. The highest BCUT2D eigenvalue weighted by Gasteiger charge is 2.07. The standard InChI is InChI=1S/C12H14N2S/c1-3-9(2)15-12-10-6-4-5-7-11(10)13-8-14-12/h4-9H,3H2,1-2H3/t9-/m1/s1. The first kappa shape index (κ1) is 10.4. The van der Waals surface area contributed by atoms with Gasteiger partial charge in [0.2, 0.25) is 0 Å². The van der Waals surface area contributed by atoms with Crippen molar-refractivity contribution in [2.24, 2.45) is 0 Å². The molecule has 1 heterocycles. The lowest BCUT2D eigenvalue weighted by Gasteiger charge is -2.08. The number of hydrogen-bond acceptors (Lipinski definition) is 3. The second-order valence-electron chi connectivity index (χ2n) is 3.53. The molecule has 78 valence electrons. The zero-order chi connectivity index (χ0) is 10.7. The minimum absolute atomic E-state index is 0.600. The van der Waals surface area contributed by atoms with E-state index in [4.69, 9.17) is 0 Å². The fourth-order valence-corrected chi connectivity index (χ4v) is 2.30. The highest BCUT2D eigenvalue weighted by Crippen LogP contribution is 2.28. The molecule has 0 saturated heterocycles. The summed E-state index contributed by atoms with van der Waals surface area (Å²) in [4.78, 5) is 8.60. The van der Waals surface area contributed by atoms with E-state index < -0.39 is 0 Å². The smallest absolute Gasteiger partial charge is 0.117 e. The lowest BCUT2D eigenvalue weighted by molar-refractivity contribution is 0.901. The number of benzene rings is 1. The van der Waals surface area contributed by atoms with Gasteiger partial charge in [0.25, 0.3) is 0 Å². The Morgan fingerprint density at radius 1 is 1.27 bits per heavy atom. The molecule has 1 aromatic carbocycles. The van der Waals surface area contributed by atoms with Gasteiger partial charge in [-0.3, -0.25) is 0 Å². The number of para-hydroxylation sites is 1. The molecule has 0 aliphatic carbocycles. The van der Waals surface area contributed by atoms with E-state index in [1.807, 2.05) is 30.0 Å². The number of nitrogens with zero attached hydrogens (tertiary/aromatic N) is 2. The normalized spacial score (nSPS) is 12.9. The van der Waals surface area contributed by atoms with Crippen LogP contribution in [0.2, 0.25) is 0 Å². The van der Waals surface area contributed by atoms with Crippen molar-refractivity contribution in [1.29, 1.82) is 0 Å². The van der Waals surface area contributed by atoms with Crippen LogP contribution in [-0.2, 0) is 0 Å². The average molecular weight is 218 g/mol. The van der Waals surface area contributed by atoms with Crippen molar-refractivity contribution in [3.63, 3.8) is 0 Å². The van der Waals surface area contributed by atoms with Crippen LogP contribution in [0.15, 0.2) is 35.6 Å². The van der Waals surface area contributed by atoms with Crippen LogP contribution in [0.4, 0.5) is 0 Å². The molecule has 2 rings (SSSR count). The van der Waals surface area contributed by atoms with Crippen LogP contribution in [0, 0.1) is 0 Å². The maximum Gasteiger partial charge on any atom is 0.117 e. The third-order valence-corrected chi connectivity index (χ3v) is 3.68. The molecule has 2 nitrogen and oxygen atoms in total. The summed E-state index contributed by atoms with van der Waals surface area (Å²) in [7, 11) is 0. The maximum atomic E-state index is 4.35. The molecule has 0 radical (unpaired) electrons. The summed E-state index contributed by atoms with van der Waals surface area (Å²) in [6, 6.07) is 8.15. The lowest BCUT2D eigenvalue weighted by Crippen LogP contribution is -1.95. The fraction of sp³-hybridized carbons (Fsp3) is 0.333. The first-order valence-electron chi connectivity index (χ1n) is 5.17. The van der Waals surface area contributed by atoms with Gasteiger partial charge in [-0.2, -0.15) is 0 Å². The summed E-state index contributed by atoms with van der Waals surface area (Å²) in [6.45, 7) is 4.42. The second-order valence-corrected chi connectivity index (χ2v) is 4.96. The van der Waals surface area contributed by atoms with Crippen molar-refractivity contribution in [1.82, 2.24) is 9.97 Å². The molecule has 1 aromatic heterocycles. The average Bonchev–Trinajstić information content (AvgIpc) is 2.29. The molecule has 2 aromatic rings. The van der Waals surface area contributed by atoms with Gasteiger partial charge >= 0.3 is 0 Å². The van der Waals surface area contributed by atoms with Gasteiger partial charge in [-0.05, 0) is 12.5 Å². The van der Waals surface area contributed by atoms with E-state index in [1.165, 1.54) is 0 Å². The van der Waals surface area contributed by atoms with Gasteiger partial charge in [-0.25, -0.2) is 9.97 Å². The van der Waals surface area contributed by atoms with Crippen LogP contribution in [0.25, 0.3) is 10.9 Å². The maximum absolute atomic E-state index is 4.35. The summed E-state index contributed by atoms with van der Waals surface area (Å²) >= 11 is 1.82. The van der Waals surface area contributed by atoms with Crippen LogP contribution in [0.3, 0.4) is 0 Å². The Kier molecular flexibility index (Phi) is 3.21. The molecule has 0 aliphatic heterocycles. The SMILES string of the molecule is CC[C@@H](C)Sc1ncnc2ccccc12. The minimum Gasteiger partial charge on any atom is -0.236 e. The van der Waals surface area contributed by atoms with E-state index in [0.717, 1.165) is 22.3 Å². The molecular formula is C12H14N2S. The van der Waals surface area contributed by atoms with Crippen molar-refractivity contribution in [2.75, 3.05) is 0 Å². The van der Waals surface area contributed by atoms with E-state index >= 15 is 0 Å². The zero-order valence-electron chi connectivity index (χ0n) is 8.97. The van der Waals surface area contributed by atoms with Crippen molar-refractivity contribution >= 4 is 22.7 Å². The predicted molar refractivity (Wildman–Crippen MR) is 65.1 cm³/mol.